The lowest BCUT2D eigenvalue weighted by molar-refractivity contribution is 0.0684. The first-order chi connectivity index (χ1) is 13.3. The minimum atomic E-state index is -0.00167. The van der Waals surface area contributed by atoms with Crippen LogP contribution >= 0.6 is 0 Å². The number of carbonyl (C=O) groups excluding carboxylic acids is 1. The molecular weight excluding hydrogens is 336 g/mol. The van der Waals surface area contributed by atoms with E-state index in [1.54, 1.807) is 12.4 Å². The van der Waals surface area contributed by atoms with Crippen LogP contribution in [0.1, 0.15) is 55.1 Å². The van der Waals surface area contributed by atoms with Crippen molar-refractivity contribution in [3.05, 3.63) is 54.0 Å². The number of rotatable bonds is 8. The highest BCUT2D eigenvalue weighted by Crippen LogP contribution is 2.22. The Morgan fingerprint density at radius 2 is 1.89 bits per heavy atom. The summed E-state index contributed by atoms with van der Waals surface area (Å²) in [6.45, 7) is 4.68. The fourth-order valence-electron chi connectivity index (χ4n) is 3.57. The van der Waals surface area contributed by atoms with Crippen LogP contribution in [0.3, 0.4) is 0 Å². The summed E-state index contributed by atoms with van der Waals surface area (Å²) in [5.41, 5.74) is 1.82. The van der Waals surface area contributed by atoms with Crippen molar-refractivity contribution in [2.24, 2.45) is 5.92 Å². The maximum atomic E-state index is 12.7. The fraction of sp³-hybridized carbons (Fsp3) is 0.500. The summed E-state index contributed by atoms with van der Waals surface area (Å²) in [5, 5.41) is 3.26. The third-order valence-electron chi connectivity index (χ3n) is 5.23. The van der Waals surface area contributed by atoms with Crippen LogP contribution in [0.15, 0.2) is 42.7 Å². The number of hydrogen-bond acceptors (Lipinski definition) is 4. The number of unbranched alkanes of at least 4 members (excludes halogenated alkanes) is 2. The van der Waals surface area contributed by atoms with Crippen molar-refractivity contribution in [3.8, 4) is 0 Å². The molecule has 1 aromatic carbocycles. The van der Waals surface area contributed by atoms with Gasteiger partial charge in [0.05, 0.1) is 12.4 Å². The van der Waals surface area contributed by atoms with Gasteiger partial charge in [-0.3, -0.25) is 4.79 Å². The van der Waals surface area contributed by atoms with Crippen molar-refractivity contribution < 1.29 is 4.79 Å². The Morgan fingerprint density at radius 3 is 2.56 bits per heavy atom. The van der Waals surface area contributed by atoms with Gasteiger partial charge in [0, 0.05) is 19.6 Å². The summed E-state index contributed by atoms with van der Waals surface area (Å²) in [5.74, 6) is 1.39. The molecule has 1 aliphatic heterocycles. The number of aromatic nitrogens is 2. The van der Waals surface area contributed by atoms with Gasteiger partial charge in [-0.1, -0.05) is 50.1 Å². The Bertz CT molecular complexity index is 694. The van der Waals surface area contributed by atoms with Gasteiger partial charge in [-0.2, -0.15) is 0 Å². The zero-order chi connectivity index (χ0) is 18.9. The van der Waals surface area contributed by atoms with E-state index < -0.39 is 0 Å². The zero-order valence-corrected chi connectivity index (χ0v) is 16.2. The minimum absolute atomic E-state index is 0.00167. The molecule has 5 heteroatoms. The van der Waals surface area contributed by atoms with E-state index in [9.17, 15) is 4.79 Å². The standard InChI is InChI=1S/C22H30N4O/c1-2-3-7-12-23-21-17-24-20(16-25-21)22(27)26-13-10-19(11-14-26)15-18-8-5-4-6-9-18/h4-6,8-9,16-17,19H,2-3,7,10-15H2,1H3,(H,23,25). The van der Waals surface area contributed by atoms with E-state index in [2.05, 4.69) is 52.5 Å². The van der Waals surface area contributed by atoms with E-state index in [1.165, 1.54) is 18.4 Å². The second-order valence-corrected chi connectivity index (χ2v) is 7.35. The summed E-state index contributed by atoms with van der Waals surface area (Å²) in [7, 11) is 0. The largest absolute Gasteiger partial charge is 0.369 e. The van der Waals surface area contributed by atoms with Crippen LogP contribution in [-0.2, 0) is 6.42 Å². The van der Waals surface area contributed by atoms with E-state index >= 15 is 0 Å². The van der Waals surface area contributed by atoms with Crippen molar-refractivity contribution in [1.29, 1.82) is 0 Å². The number of amides is 1. The van der Waals surface area contributed by atoms with E-state index in [-0.39, 0.29) is 5.91 Å². The molecule has 2 heterocycles. The molecule has 0 saturated carbocycles. The normalized spacial score (nSPS) is 14.9. The second kappa shape index (κ2) is 10.0. The van der Waals surface area contributed by atoms with Gasteiger partial charge in [0.2, 0.25) is 0 Å². The molecule has 5 nitrogen and oxygen atoms in total. The molecule has 1 saturated heterocycles. The molecular formula is C22H30N4O. The third kappa shape index (κ3) is 5.78. The van der Waals surface area contributed by atoms with Crippen LogP contribution in [-0.4, -0.2) is 40.4 Å². The van der Waals surface area contributed by atoms with Crippen LogP contribution in [0.5, 0.6) is 0 Å². The lowest BCUT2D eigenvalue weighted by Crippen LogP contribution is -2.39. The van der Waals surface area contributed by atoms with Gasteiger partial charge in [0.15, 0.2) is 0 Å². The monoisotopic (exact) mass is 366 g/mol. The quantitative estimate of drug-likeness (QED) is 0.712. The summed E-state index contributed by atoms with van der Waals surface area (Å²) in [4.78, 5) is 23.3. The van der Waals surface area contributed by atoms with Crippen LogP contribution < -0.4 is 5.32 Å². The molecule has 27 heavy (non-hydrogen) atoms. The molecule has 144 valence electrons. The number of nitrogens with zero attached hydrogens (tertiary/aromatic N) is 3. The van der Waals surface area contributed by atoms with E-state index in [0.29, 0.717) is 11.6 Å². The predicted octanol–water partition coefficient (Wildman–Crippen LogP) is 4.17. The molecule has 2 aromatic rings. The van der Waals surface area contributed by atoms with Crippen molar-refractivity contribution >= 4 is 11.7 Å². The zero-order valence-electron chi connectivity index (χ0n) is 16.2. The summed E-state index contributed by atoms with van der Waals surface area (Å²) in [6.07, 6.45) is 9.98. The second-order valence-electron chi connectivity index (χ2n) is 7.35. The molecule has 0 radical (unpaired) electrons. The number of benzene rings is 1. The molecule has 1 fully saturated rings. The first-order valence-electron chi connectivity index (χ1n) is 10.2. The first-order valence-corrected chi connectivity index (χ1v) is 10.2. The van der Waals surface area contributed by atoms with Crippen LogP contribution in [0.2, 0.25) is 0 Å². The molecule has 0 atom stereocenters. The Labute approximate surface area is 162 Å². The highest BCUT2D eigenvalue weighted by Gasteiger charge is 2.24. The smallest absolute Gasteiger partial charge is 0.274 e. The highest BCUT2D eigenvalue weighted by atomic mass is 16.2. The number of piperidine rings is 1. The van der Waals surface area contributed by atoms with Gasteiger partial charge in [0.25, 0.3) is 5.91 Å². The summed E-state index contributed by atoms with van der Waals surface area (Å²) in [6, 6.07) is 10.6. The lowest BCUT2D eigenvalue weighted by atomic mass is 9.90. The molecule has 0 spiro atoms. The van der Waals surface area contributed by atoms with E-state index in [4.69, 9.17) is 0 Å². The molecule has 3 rings (SSSR count). The van der Waals surface area contributed by atoms with Crippen molar-refractivity contribution in [3.63, 3.8) is 0 Å². The summed E-state index contributed by atoms with van der Waals surface area (Å²) < 4.78 is 0. The Kier molecular flexibility index (Phi) is 7.19. The average molecular weight is 367 g/mol. The SMILES string of the molecule is CCCCCNc1cnc(C(=O)N2CCC(Cc3ccccc3)CC2)cn1. The highest BCUT2D eigenvalue weighted by molar-refractivity contribution is 5.92. The fourth-order valence-corrected chi connectivity index (χ4v) is 3.57. The van der Waals surface area contributed by atoms with Crippen LogP contribution in [0, 0.1) is 5.92 Å². The van der Waals surface area contributed by atoms with E-state index in [1.807, 2.05) is 4.90 Å². The Balaban J connectivity index is 1.46. The number of nitrogens with one attached hydrogen (secondary N) is 1. The Hall–Kier alpha value is -2.43. The topological polar surface area (TPSA) is 58.1 Å². The van der Waals surface area contributed by atoms with E-state index in [0.717, 1.165) is 51.1 Å². The molecule has 1 aromatic heterocycles. The van der Waals surface area contributed by atoms with Gasteiger partial charge in [-0.15, -0.1) is 0 Å². The average Bonchev–Trinajstić information content (AvgIpc) is 2.72. The minimum Gasteiger partial charge on any atom is -0.369 e. The Morgan fingerprint density at radius 1 is 1.11 bits per heavy atom. The van der Waals surface area contributed by atoms with Gasteiger partial charge in [-0.05, 0) is 37.2 Å². The summed E-state index contributed by atoms with van der Waals surface area (Å²) >= 11 is 0. The van der Waals surface area contributed by atoms with Gasteiger partial charge >= 0.3 is 0 Å². The van der Waals surface area contributed by atoms with Gasteiger partial charge in [-0.25, -0.2) is 9.97 Å². The number of likely N-dealkylation sites (tertiary alicyclic amines) is 1. The van der Waals surface area contributed by atoms with Gasteiger partial charge < -0.3 is 10.2 Å². The number of carbonyl (C=O) groups is 1. The van der Waals surface area contributed by atoms with Crippen molar-refractivity contribution in [2.75, 3.05) is 25.0 Å². The van der Waals surface area contributed by atoms with Gasteiger partial charge in [0.1, 0.15) is 11.5 Å². The molecule has 1 aliphatic rings. The predicted molar refractivity (Wildman–Crippen MR) is 109 cm³/mol. The van der Waals surface area contributed by atoms with Crippen molar-refractivity contribution in [1.82, 2.24) is 14.9 Å². The molecule has 0 unspecified atom stereocenters. The number of anilines is 1. The maximum absolute atomic E-state index is 12.7. The van der Waals surface area contributed by atoms with Crippen molar-refractivity contribution in [2.45, 2.75) is 45.4 Å². The maximum Gasteiger partial charge on any atom is 0.274 e. The van der Waals surface area contributed by atoms with Crippen LogP contribution in [0.4, 0.5) is 5.82 Å². The van der Waals surface area contributed by atoms with Crippen LogP contribution in [0.25, 0.3) is 0 Å². The third-order valence-corrected chi connectivity index (χ3v) is 5.23. The molecule has 1 N–H and O–H groups in total. The molecule has 0 bridgehead atoms. The molecule has 0 aliphatic carbocycles. The molecule has 1 amide bonds. The first kappa shape index (κ1) is 19.3. The number of hydrogen-bond donors (Lipinski definition) is 1. The lowest BCUT2D eigenvalue weighted by Gasteiger charge is -2.31.